The molecular formula is C23H29N7O6S. The average Bonchev–Trinajstić information content (AvgIpc) is 3.44. The van der Waals surface area contributed by atoms with Crippen LogP contribution in [0.25, 0.3) is 22.4 Å². The van der Waals surface area contributed by atoms with Crippen LogP contribution in [0.15, 0.2) is 21.8 Å². The lowest BCUT2D eigenvalue weighted by Crippen LogP contribution is -2.47. The third-order valence-electron chi connectivity index (χ3n) is 6.64. The molecule has 0 atom stereocenters. The largest absolute Gasteiger partial charge is 0.451 e. The quantitative estimate of drug-likeness (QED) is 0.512. The number of hydrogen-bond acceptors (Lipinski definition) is 9. The van der Waals surface area contributed by atoms with Gasteiger partial charge < -0.3 is 19.5 Å². The number of likely N-dealkylation sites (N-methyl/N-ethyl adjacent to an activating group) is 1. The van der Waals surface area contributed by atoms with Crippen molar-refractivity contribution in [3.63, 3.8) is 0 Å². The van der Waals surface area contributed by atoms with E-state index in [2.05, 4.69) is 15.0 Å². The highest BCUT2D eigenvalue weighted by Crippen LogP contribution is 2.40. The van der Waals surface area contributed by atoms with Crippen molar-refractivity contribution in [1.82, 2.24) is 34.0 Å². The fourth-order valence-electron chi connectivity index (χ4n) is 4.67. The molecule has 3 aromatic rings. The first-order chi connectivity index (χ1) is 17.6. The Hall–Kier alpha value is -3.49. The van der Waals surface area contributed by atoms with Gasteiger partial charge in [0.1, 0.15) is 11.3 Å². The van der Waals surface area contributed by atoms with Gasteiger partial charge in [0.05, 0.1) is 29.8 Å². The molecule has 0 aliphatic carbocycles. The number of hydroxylamine groups is 2. The molecule has 1 N–H and O–H groups in total. The van der Waals surface area contributed by atoms with Gasteiger partial charge in [-0.15, -0.1) is 5.06 Å². The number of amides is 1. The zero-order valence-electron chi connectivity index (χ0n) is 21.1. The van der Waals surface area contributed by atoms with Crippen molar-refractivity contribution in [3.05, 3.63) is 33.7 Å². The number of nitrogens with zero attached hydrogens (tertiary/aromatic N) is 6. The van der Waals surface area contributed by atoms with E-state index in [0.29, 0.717) is 54.9 Å². The van der Waals surface area contributed by atoms with Crippen LogP contribution in [0.3, 0.4) is 0 Å². The van der Waals surface area contributed by atoms with E-state index in [4.69, 9.17) is 14.6 Å². The first-order valence-electron chi connectivity index (χ1n) is 12.0. The van der Waals surface area contributed by atoms with Crippen molar-refractivity contribution < 1.29 is 22.8 Å². The Labute approximate surface area is 213 Å². The summed E-state index contributed by atoms with van der Waals surface area (Å²) >= 11 is 0. The summed E-state index contributed by atoms with van der Waals surface area (Å²) in [5.41, 5.74) is 1.72. The fraction of sp³-hybridized carbons (Fsp3) is 0.478. The van der Waals surface area contributed by atoms with Crippen LogP contribution in [0.1, 0.15) is 24.6 Å². The van der Waals surface area contributed by atoms with Crippen LogP contribution < -0.4 is 10.4 Å². The number of nitrogens with one attached hydrogen (secondary N) is 1. The molecule has 1 aromatic carbocycles. The van der Waals surface area contributed by atoms with Crippen molar-refractivity contribution in [2.45, 2.75) is 31.2 Å². The summed E-state index contributed by atoms with van der Waals surface area (Å²) in [7, 11) is 0.981. The number of rotatable bonds is 5. The molecule has 0 radical (unpaired) electrons. The smallest absolute Gasteiger partial charge is 0.443 e. The SMILES string of the molecule is CCCc1nn(C)c2c(=O)[nH]c(-c3cc(S(=O)(=O)N4CCN(C)CC4)cc4c3ON(C(=O)OC)C4)nc12. The van der Waals surface area contributed by atoms with Gasteiger partial charge in [-0.25, -0.2) is 18.2 Å². The number of carbonyl (C=O) groups is 1. The minimum Gasteiger partial charge on any atom is -0.451 e. The van der Waals surface area contributed by atoms with E-state index in [9.17, 15) is 18.0 Å². The Morgan fingerprint density at radius 1 is 1.19 bits per heavy atom. The van der Waals surface area contributed by atoms with Gasteiger partial charge >= 0.3 is 6.09 Å². The maximum absolute atomic E-state index is 13.6. The van der Waals surface area contributed by atoms with Crippen molar-refractivity contribution in [3.8, 4) is 17.1 Å². The number of ether oxygens (including phenoxy) is 1. The number of hydrogen-bond donors (Lipinski definition) is 1. The second kappa shape index (κ2) is 9.43. The highest BCUT2D eigenvalue weighted by atomic mass is 32.2. The average molecular weight is 532 g/mol. The molecule has 5 rings (SSSR count). The first-order valence-corrected chi connectivity index (χ1v) is 13.4. The summed E-state index contributed by atoms with van der Waals surface area (Å²) in [4.78, 5) is 40.6. The molecule has 0 bridgehead atoms. The Bertz CT molecular complexity index is 1540. The molecule has 14 heteroatoms. The highest BCUT2D eigenvalue weighted by Gasteiger charge is 2.35. The number of aryl methyl sites for hydroxylation is 2. The van der Waals surface area contributed by atoms with Crippen LogP contribution in [0.4, 0.5) is 4.79 Å². The molecule has 1 amide bonds. The van der Waals surface area contributed by atoms with Gasteiger partial charge in [0, 0.05) is 38.8 Å². The van der Waals surface area contributed by atoms with Crippen LogP contribution in [0.5, 0.6) is 5.75 Å². The Kier molecular flexibility index (Phi) is 6.41. The number of aromatic amines is 1. The van der Waals surface area contributed by atoms with Crippen molar-refractivity contribution in [2.75, 3.05) is 40.3 Å². The van der Waals surface area contributed by atoms with E-state index in [1.807, 2.05) is 14.0 Å². The summed E-state index contributed by atoms with van der Waals surface area (Å²) in [6.45, 7) is 3.91. The Balaban J connectivity index is 1.69. The lowest BCUT2D eigenvalue weighted by Gasteiger charge is -2.31. The van der Waals surface area contributed by atoms with E-state index in [-0.39, 0.29) is 28.6 Å². The summed E-state index contributed by atoms with van der Waals surface area (Å²) in [6.07, 6.45) is 0.692. The van der Waals surface area contributed by atoms with Gasteiger partial charge in [-0.05, 0) is 25.6 Å². The topological polar surface area (TPSA) is 143 Å². The van der Waals surface area contributed by atoms with E-state index < -0.39 is 21.7 Å². The second-order valence-corrected chi connectivity index (χ2v) is 11.1. The molecule has 37 heavy (non-hydrogen) atoms. The van der Waals surface area contributed by atoms with Gasteiger partial charge in [-0.1, -0.05) is 13.3 Å². The fourth-order valence-corrected chi connectivity index (χ4v) is 6.17. The maximum Gasteiger partial charge on any atom is 0.443 e. The monoisotopic (exact) mass is 531 g/mol. The lowest BCUT2D eigenvalue weighted by molar-refractivity contribution is -0.0285. The van der Waals surface area contributed by atoms with Crippen molar-refractivity contribution >= 4 is 27.1 Å². The molecule has 1 fully saturated rings. The van der Waals surface area contributed by atoms with Crippen molar-refractivity contribution in [1.29, 1.82) is 0 Å². The van der Waals surface area contributed by atoms with Crippen LogP contribution in [0, 0.1) is 0 Å². The molecule has 198 valence electrons. The van der Waals surface area contributed by atoms with Crippen molar-refractivity contribution in [2.24, 2.45) is 7.05 Å². The predicted octanol–water partition coefficient (Wildman–Crippen LogP) is 1.09. The molecule has 4 heterocycles. The van der Waals surface area contributed by atoms with Gasteiger partial charge in [-0.3, -0.25) is 9.48 Å². The summed E-state index contributed by atoms with van der Waals surface area (Å²) in [6, 6.07) is 2.94. The normalized spacial score (nSPS) is 16.7. The number of H-pyrrole nitrogens is 1. The molecule has 13 nitrogen and oxygen atoms in total. The minimum atomic E-state index is -3.87. The van der Waals surface area contributed by atoms with Gasteiger partial charge in [-0.2, -0.15) is 9.40 Å². The number of aromatic nitrogens is 4. The molecule has 0 unspecified atom stereocenters. The number of benzene rings is 1. The lowest BCUT2D eigenvalue weighted by atomic mass is 10.1. The van der Waals surface area contributed by atoms with Crippen LogP contribution in [-0.4, -0.2) is 88.9 Å². The molecule has 2 aliphatic rings. The molecule has 1 saturated heterocycles. The van der Waals surface area contributed by atoms with Gasteiger partial charge in [0.15, 0.2) is 11.3 Å². The molecule has 0 saturated carbocycles. The first kappa shape index (κ1) is 25.2. The summed E-state index contributed by atoms with van der Waals surface area (Å²) in [5, 5.41) is 5.43. The molecular weight excluding hydrogens is 502 g/mol. The maximum atomic E-state index is 13.6. The van der Waals surface area contributed by atoms with E-state index in [0.717, 1.165) is 11.5 Å². The third kappa shape index (κ3) is 4.34. The minimum absolute atomic E-state index is 0.0262. The number of methoxy groups -OCH3 is 1. The number of fused-ring (bicyclic) bond motifs is 2. The highest BCUT2D eigenvalue weighted by molar-refractivity contribution is 7.89. The number of sulfonamides is 1. The summed E-state index contributed by atoms with van der Waals surface area (Å²) < 4.78 is 35.0. The Morgan fingerprint density at radius 2 is 1.92 bits per heavy atom. The van der Waals surface area contributed by atoms with Crippen LogP contribution in [0.2, 0.25) is 0 Å². The van der Waals surface area contributed by atoms with E-state index >= 15 is 0 Å². The number of carbonyl (C=O) groups excluding carboxylic acids is 1. The zero-order valence-corrected chi connectivity index (χ0v) is 22.0. The van der Waals surface area contributed by atoms with Crippen LogP contribution >= 0.6 is 0 Å². The third-order valence-corrected chi connectivity index (χ3v) is 8.51. The molecule has 0 spiro atoms. The summed E-state index contributed by atoms with van der Waals surface area (Å²) in [5.74, 6) is 0.354. The number of piperazine rings is 1. The zero-order chi connectivity index (χ0) is 26.5. The van der Waals surface area contributed by atoms with E-state index in [1.54, 1.807) is 7.05 Å². The Morgan fingerprint density at radius 3 is 2.59 bits per heavy atom. The van der Waals surface area contributed by atoms with Gasteiger partial charge in [0.25, 0.3) is 5.56 Å². The molecule has 2 aromatic heterocycles. The van der Waals surface area contributed by atoms with Crippen LogP contribution in [-0.2, 0) is 34.8 Å². The predicted molar refractivity (Wildman–Crippen MR) is 133 cm³/mol. The molecule has 2 aliphatic heterocycles. The second-order valence-electron chi connectivity index (χ2n) is 9.20. The standard InChI is InChI=1S/C23H29N7O6S/c1-5-6-17-18-19(28(3)26-17)22(31)25-21(24-18)16-12-15(37(33,34)29-9-7-27(2)8-10-29)11-14-13-30(23(32)35-4)36-20(14)16/h11-12H,5-10,13H2,1-4H3,(H,24,25,31). The van der Waals surface area contributed by atoms with Gasteiger partial charge in [0.2, 0.25) is 10.0 Å². The van der Waals surface area contributed by atoms with E-state index in [1.165, 1.54) is 28.2 Å².